The van der Waals surface area contributed by atoms with Gasteiger partial charge in [0, 0.05) is 12.2 Å². The molecule has 0 spiro atoms. The van der Waals surface area contributed by atoms with E-state index in [4.69, 9.17) is 9.84 Å². The second-order valence-electron chi connectivity index (χ2n) is 3.08. The van der Waals surface area contributed by atoms with Gasteiger partial charge in [0.05, 0.1) is 7.11 Å². The Kier molecular flexibility index (Phi) is 4.62. The van der Waals surface area contributed by atoms with E-state index in [-0.39, 0.29) is 11.3 Å². The molecule has 18 heavy (non-hydrogen) atoms. The molecule has 6 nitrogen and oxygen atoms in total. The Labute approximate surface area is 102 Å². The van der Waals surface area contributed by atoms with Crippen LogP contribution in [0.1, 0.15) is 10.4 Å². The van der Waals surface area contributed by atoms with Gasteiger partial charge in [0.15, 0.2) is 0 Å². The fourth-order valence-corrected chi connectivity index (χ4v) is 1.08. The van der Waals surface area contributed by atoms with E-state index in [1.807, 2.05) is 0 Å². The molecule has 0 radical (unpaired) electrons. The molecular weight excluding hydrogens is 240 g/mol. The highest BCUT2D eigenvalue weighted by atomic mass is 16.5. The zero-order chi connectivity index (χ0) is 13.5. The molecule has 0 amide bonds. The summed E-state index contributed by atoms with van der Waals surface area (Å²) in [7, 11) is 1.16. The van der Waals surface area contributed by atoms with Crippen molar-refractivity contribution in [2.24, 2.45) is 0 Å². The summed E-state index contributed by atoms with van der Waals surface area (Å²) in [5.74, 6) is -2.88. The Morgan fingerprint density at radius 3 is 2.33 bits per heavy atom. The number of para-hydroxylation sites is 1. The van der Waals surface area contributed by atoms with E-state index < -0.39 is 17.9 Å². The number of hydrogen-bond donors (Lipinski definition) is 1. The standard InChI is InChI=1S/C12H10O6/c1-17-10(13)6-7-11(14)18-9-5-3-2-4-8(9)12(15)16/h2-7H,1H3,(H,15,16)/b7-6+. The molecular formula is C12H10O6. The fourth-order valence-electron chi connectivity index (χ4n) is 1.08. The molecule has 0 atom stereocenters. The van der Waals surface area contributed by atoms with Crippen LogP contribution < -0.4 is 4.74 Å². The number of esters is 2. The van der Waals surface area contributed by atoms with Crippen LogP contribution in [0.3, 0.4) is 0 Å². The number of ether oxygens (including phenoxy) is 2. The van der Waals surface area contributed by atoms with Gasteiger partial charge in [-0.2, -0.15) is 0 Å². The SMILES string of the molecule is COC(=O)/C=C/C(=O)Oc1ccccc1C(=O)O. The van der Waals surface area contributed by atoms with Gasteiger partial charge in [0.25, 0.3) is 0 Å². The minimum absolute atomic E-state index is 0.0930. The highest BCUT2D eigenvalue weighted by Gasteiger charge is 2.12. The summed E-state index contributed by atoms with van der Waals surface area (Å²) in [5, 5.41) is 8.85. The third-order valence-corrected chi connectivity index (χ3v) is 1.88. The van der Waals surface area contributed by atoms with Gasteiger partial charge >= 0.3 is 17.9 Å². The minimum atomic E-state index is -1.21. The summed E-state index contributed by atoms with van der Waals surface area (Å²) >= 11 is 0. The molecule has 1 rings (SSSR count). The van der Waals surface area contributed by atoms with E-state index in [0.29, 0.717) is 0 Å². The van der Waals surface area contributed by atoms with Crippen molar-refractivity contribution in [2.45, 2.75) is 0 Å². The zero-order valence-electron chi connectivity index (χ0n) is 9.45. The Morgan fingerprint density at radius 2 is 1.72 bits per heavy atom. The van der Waals surface area contributed by atoms with Crippen molar-refractivity contribution < 1.29 is 29.0 Å². The summed E-state index contributed by atoms with van der Waals surface area (Å²) in [6.07, 6.45) is 1.73. The average molecular weight is 250 g/mol. The van der Waals surface area contributed by atoms with Crippen molar-refractivity contribution in [3.63, 3.8) is 0 Å². The Morgan fingerprint density at radius 1 is 1.11 bits per heavy atom. The largest absolute Gasteiger partial charge is 0.478 e. The van der Waals surface area contributed by atoms with E-state index in [2.05, 4.69) is 4.74 Å². The number of carbonyl (C=O) groups excluding carboxylic acids is 2. The number of hydrogen-bond acceptors (Lipinski definition) is 5. The van der Waals surface area contributed by atoms with E-state index in [1.165, 1.54) is 24.3 Å². The lowest BCUT2D eigenvalue weighted by Gasteiger charge is -2.04. The number of benzene rings is 1. The van der Waals surface area contributed by atoms with Crippen LogP contribution in [0.15, 0.2) is 36.4 Å². The monoisotopic (exact) mass is 250 g/mol. The summed E-state index contributed by atoms with van der Waals surface area (Å²) in [5.41, 5.74) is -0.141. The average Bonchev–Trinajstić information content (AvgIpc) is 2.36. The third-order valence-electron chi connectivity index (χ3n) is 1.88. The van der Waals surface area contributed by atoms with Gasteiger partial charge in [-0.1, -0.05) is 12.1 Å². The van der Waals surface area contributed by atoms with Crippen LogP contribution in [-0.2, 0) is 14.3 Å². The lowest BCUT2D eigenvalue weighted by molar-refractivity contribution is -0.135. The van der Waals surface area contributed by atoms with E-state index >= 15 is 0 Å². The number of methoxy groups -OCH3 is 1. The van der Waals surface area contributed by atoms with Gasteiger partial charge < -0.3 is 14.6 Å². The van der Waals surface area contributed by atoms with E-state index in [1.54, 1.807) is 0 Å². The van der Waals surface area contributed by atoms with Crippen LogP contribution in [0, 0.1) is 0 Å². The first kappa shape index (κ1) is 13.4. The molecule has 0 aromatic heterocycles. The van der Waals surface area contributed by atoms with E-state index in [9.17, 15) is 14.4 Å². The molecule has 0 aliphatic rings. The van der Waals surface area contributed by atoms with Gasteiger partial charge in [-0.05, 0) is 12.1 Å². The molecule has 0 bridgehead atoms. The number of carboxylic acids is 1. The predicted octanol–water partition coefficient (Wildman–Crippen LogP) is 1.02. The first-order valence-electron chi connectivity index (χ1n) is 4.84. The molecule has 0 saturated carbocycles. The van der Waals surface area contributed by atoms with Crippen molar-refractivity contribution in [1.29, 1.82) is 0 Å². The van der Waals surface area contributed by atoms with Crippen molar-refractivity contribution in [3.8, 4) is 5.75 Å². The lowest BCUT2D eigenvalue weighted by atomic mass is 10.2. The van der Waals surface area contributed by atoms with Gasteiger partial charge in [-0.15, -0.1) is 0 Å². The quantitative estimate of drug-likeness (QED) is 0.487. The molecule has 0 heterocycles. The van der Waals surface area contributed by atoms with Crippen LogP contribution in [-0.4, -0.2) is 30.1 Å². The summed E-state index contributed by atoms with van der Waals surface area (Å²) in [4.78, 5) is 32.9. The highest BCUT2D eigenvalue weighted by Crippen LogP contribution is 2.17. The third kappa shape index (κ3) is 3.75. The van der Waals surface area contributed by atoms with Crippen molar-refractivity contribution in [1.82, 2.24) is 0 Å². The molecule has 6 heteroatoms. The molecule has 0 unspecified atom stereocenters. The number of aromatic carboxylic acids is 1. The first-order valence-corrected chi connectivity index (χ1v) is 4.84. The maximum absolute atomic E-state index is 11.3. The Bertz CT molecular complexity index is 503. The number of rotatable bonds is 4. The lowest BCUT2D eigenvalue weighted by Crippen LogP contribution is -2.09. The zero-order valence-corrected chi connectivity index (χ0v) is 9.45. The molecule has 1 aromatic carbocycles. The molecule has 1 aromatic rings. The summed E-state index contributed by atoms with van der Waals surface area (Å²) in [6, 6.07) is 5.67. The predicted molar refractivity (Wildman–Crippen MR) is 60.2 cm³/mol. The van der Waals surface area contributed by atoms with Gasteiger partial charge in [0.2, 0.25) is 0 Å². The van der Waals surface area contributed by atoms with Gasteiger partial charge in [-0.3, -0.25) is 0 Å². The molecule has 1 N–H and O–H groups in total. The van der Waals surface area contributed by atoms with Crippen molar-refractivity contribution in [2.75, 3.05) is 7.11 Å². The van der Waals surface area contributed by atoms with Gasteiger partial charge in [-0.25, -0.2) is 14.4 Å². The molecule has 0 saturated heterocycles. The second kappa shape index (κ2) is 6.19. The van der Waals surface area contributed by atoms with Crippen LogP contribution in [0.2, 0.25) is 0 Å². The summed E-state index contributed by atoms with van der Waals surface area (Å²) in [6.45, 7) is 0. The Balaban J connectivity index is 2.79. The highest BCUT2D eigenvalue weighted by molar-refractivity contribution is 5.95. The topological polar surface area (TPSA) is 89.9 Å². The second-order valence-corrected chi connectivity index (χ2v) is 3.08. The number of carboxylic acid groups (broad SMARTS) is 1. The van der Waals surface area contributed by atoms with Crippen molar-refractivity contribution >= 4 is 17.9 Å². The smallest absolute Gasteiger partial charge is 0.339 e. The van der Waals surface area contributed by atoms with Crippen LogP contribution in [0.25, 0.3) is 0 Å². The van der Waals surface area contributed by atoms with Crippen LogP contribution >= 0.6 is 0 Å². The number of carbonyl (C=O) groups is 3. The molecule has 94 valence electrons. The van der Waals surface area contributed by atoms with Crippen molar-refractivity contribution in [3.05, 3.63) is 42.0 Å². The van der Waals surface area contributed by atoms with Crippen LogP contribution in [0.5, 0.6) is 5.75 Å². The van der Waals surface area contributed by atoms with Gasteiger partial charge in [0.1, 0.15) is 11.3 Å². The molecule has 0 aliphatic carbocycles. The molecule has 0 aliphatic heterocycles. The Hall–Kier alpha value is -2.63. The summed E-state index contributed by atoms with van der Waals surface area (Å²) < 4.78 is 9.07. The molecule has 0 fully saturated rings. The normalized spacial score (nSPS) is 10.1. The first-order chi connectivity index (χ1) is 8.54. The van der Waals surface area contributed by atoms with E-state index in [0.717, 1.165) is 19.3 Å². The van der Waals surface area contributed by atoms with Crippen LogP contribution in [0.4, 0.5) is 0 Å². The fraction of sp³-hybridized carbons (Fsp3) is 0.0833. The minimum Gasteiger partial charge on any atom is -0.478 e. The maximum atomic E-state index is 11.3. The maximum Gasteiger partial charge on any atom is 0.339 e.